The largest absolute Gasteiger partial charge is 0.420 e. The predicted molar refractivity (Wildman–Crippen MR) is 108 cm³/mol. The molecule has 0 aliphatic heterocycles. The smallest absolute Gasteiger partial charge is 0.269 e. The second-order valence-corrected chi connectivity index (χ2v) is 7.03. The van der Waals surface area contributed by atoms with Crippen molar-refractivity contribution in [2.75, 3.05) is 0 Å². The second-order valence-electron chi connectivity index (χ2n) is 5.98. The minimum Gasteiger partial charge on any atom is -0.420 e. The number of thioether (sulfide) groups is 1. The van der Waals surface area contributed by atoms with Gasteiger partial charge in [-0.25, -0.2) is 0 Å². The van der Waals surface area contributed by atoms with E-state index in [1.165, 1.54) is 23.3 Å². The monoisotopic (exact) mass is 389 g/mol. The van der Waals surface area contributed by atoms with E-state index in [2.05, 4.69) is 46.6 Å². The topological polar surface area (TPSA) is 82.1 Å². The minimum atomic E-state index is -0.442. The van der Waals surface area contributed by atoms with E-state index in [4.69, 9.17) is 4.42 Å². The molecule has 1 aromatic heterocycles. The van der Waals surface area contributed by atoms with Crippen molar-refractivity contribution in [3.05, 3.63) is 94.9 Å². The Balaban J connectivity index is 1.40. The molecule has 6 nitrogen and oxygen atoms in total. The highest BCUT2D eigenvalue weighted by atomic mass is 32.2. The Morgan fingerprint density at radius 1 is 0.821 bits per heavy atom. The van der Waals surface area contributed by atoms with Crippen LogP contribution in [0.25, 0.3) is 22.6 Å². The summed E-state index contributed by atoms with van der Waals surface area (Å²) in [6.07, 6.45) is 0. The Bertz CT molecular complexity index is 1080. The van der Waals surface area contributed by atoms with Crippen LogP contribution in [0.4, 0.5) is 5.69 Å². The molecule has 4 aromatic rings. The van der Waals surface area contributed by atoms with Crippen LogP contribution in [0.5, 0.6) is 0 Å². The zero-order valence-electron chi connectivity index (χ0n) is 14.7. The van der Waals surface area contributed by atoms with Gasteiger partial charge in [-0.05, 0) is 35.4 Å². The van der Waals surface area contributed by atoms with Gasteiger partial charge in [0.15, 0.2) is 0 Å². The number of nitro benzene ring substituents is 1. The molecule has 0 unspecified atom stereocenters. The molecule has 7 heteroatoms. The summed E-state index contributed by atoms with van der Waals surface area (Å²) in [5.41, 5.74) is 3.03. The summed E-state index contributed by atoms with van der Waals surface area (Å²) >= 11 is 1.61. The van der Waals surface area contributed by atoms with E-state index in [0.29, 0.717) is 23.1 Å². The van der Waals surface area contributed by atoms with Gasteiger partial charge in [-0.2, -0.15) is 0 Å². The number of hydrogen-bond acceptors (Lipinski definition) is 6. The summed E-state index contributed by atoms with van der Waals surface area (Å²) in [6, 6.07) is 24.6. The van der Waals surface area contributed by atoms with Gasteiger partial charge in [-0.15, -0.1) is 22.0 Å². The van der Waals surface area contributed by atoms with Crippen molar-refractivity contribution in [2.24, 2.45) is 0 Å². The molecule has 0 aliphatic carbocycles. The van der Waals surface area contributed by atoms with E-state index >= 15 is 0 Å². The van der Waals surface area contributed by atoms with Gasteiger partial charge in [0.1, 0.15) is 0 Å². The number of nitrogens with zero attached hydrogens (tertiary/aromatic N) is 3. The minimum absolute atomic E-state index is 0.0259. The van der Waals surface area contributed by atoms with Crippen molar-refractivity contribution in [1.82, 2.24) is 10.2 Å². The van der Waals surface area contributed by atoms with Crippen molar-refractivity contribution in [3.8, 4) is 22.6 Å². The van der Waals surface area contributed by atoms with Gasteiger partial charge < -0.3 is 4.42 Å². The molecule has 0 spiro atoms. The van der Waals surface area contributed by atoms with E-state index in [9.17, 15) is 10.1 Å². The zero-order valence-corrected chi connectivity index (χ0v) is 15.5. The molecule has 0 radical (unpaired) electrons. The Labute approximate surface area is 165 Å². The van der Waals surface area contributed by atoms with Crippen molar-refractivity contribution in [1.29, 1.82) is 0 Å². The summed E-state index contributed by atoms with van der Waals surface area (Å²) in [5.74, 6) is 1.40. The average Bonchev–Trinajstić information content (AvgIpc) is 3.22. The fourth-order valence-electron chi connectivity index (χ4n) is 2.67. The highest BCUT2D eigenvalue weighted by Gasteiger charge is 2.11. The first kappa shape index (κ1) is 17.9. The van der Waals surface area contributed by atoms with Crippen molar-refractivity contribution < 1.29 is 9.34 Å². The molecule has 4 rings (SSSR count). The third-order valence-electron chi connectivity index (χ3n) is 4.12. The Morgan fingerprint density at radius 2 is 1.46 bits per heavy atom. The van der Waals surface area contributed by atoms with Gasteiger partial charge in [0.2, 0.25) is 11.8 Å². The third kappa shape index (κ3) is 4.10. The highest BCUT2D eigenvalue weighted by Crippen LogP contribution is 2.27. The van der Waals surface area contributed by atoms with Crippen LogP contribution in [-0.4, -0.2) is 15.1 Å². The van der Waals surface area contributed by atoms with Gasteiger partial charge in [0.05, 0.1) is 10.7 Å². The Morgan fingerprint density at radius 3 is 2.14 bits per heavy atom. The maximum atomic E-state index is 10.7. The molecule has 138 valence electrons. The van der Waals surface area contributed by atoms with Crippen molar-refractivity contribution in [3.63, 3.8) is 0 Å². The van der Waals surface area contributed by atoms with Gasteiger partial charge in [0, 0.05) is 22.6 Å². The maximum Gasteiger partial charge on any atom is 0.269 e. The lowest BCUT2D eigenvalue weighted by Crippen LogP contribution is -1.87. The zero-order chi connectivity index (χ0) is 19.3. The van der Waals surface area contributed by atoms with Gasteiger partial charge >= 0.3 is 0 Å². The van der Waals surface area contributed by atoms with E-state index in [0.717, 1.165) is 4.90 Å². The van der Waals surface area contributed by atoms with E-state index < -0.39 is 4.92 Å². The van der Waals surface area contributed by atoms with Crippen molar-refractivity contribution >= 4 is 17.4 Å². The molecule has 28 heavy (non-hydrogen) atoms. The molecule has 0 fully saturated rings. The van der Waals surface area contributed by atoms with Crippen LogP contribution >= 0.6 is 11.8 Å². The third-order valence-corrected chi connectivity index (χ3v) is 5.11. The first-order valence-corrected chi connectivity index (χ1v) is 9.53. The van der Waals surface area contributed by atoms with Crippen LogP contribution in [0.1, 0.15) is 5.89 Å². The lowest BCUT2D eigenvalue weighted by Gasteiger charge is -2.03. The molecular formula is C21H15N3O3S. The SMILES string of the molecule is O=[N+]([O-])c1ccc(-c2nnc(CSc3ccc(-c4ccccc4)cc3)o2)cc1. The van der Waals surface area contributed by atoms with Crippen molar-refractivity contribution in [2.45, 2.75) is 10.6 Å². The number of hydrogen-bond donors (Lipinski definition) is 0. The first-order valence-electron chi connectivity index (χ1n) is 8.54. The normalized spacial score (nSPS) is 10.7. The second kappa shape index (κ2) is 8.06. The summed E-state index contributed by atoms with van der Waals surface area (Å²) in [7, 11) is 0. The molecule has 0 amide bonds. The lowest BCUT2D eigenvalue weighted by atomic mass is 10.1. The number of benzene rings is 3. The number of rotatable bonds is 6. The molecule has 0 aliphatic rings. The Hall–Kier alpha value is -3.45. The van der Waals surface area contributed by atoms with E-state index in [1.54, 1.807) is 23.9 Å². The average molecular weight is 389 g/mol. The number of nitro groups is 1. The summed E-state index contributed by atoms with van der Waals surface area (Å²) < 4.78 is 5.67. The first-order chi connectivity index (χ1) is 13.7. The quantitative estimate of drug-likeness (QED) is 0.242. The van der Waals surface area contributed by atoms with Crippen LogP contribution < -0.4 is 0 Å². The summed E-state index contributed by atoms with van der Waals surface area (Å²) in [4.78, 5) is 11.4. The maximum absolute atomic E-state index is 10.7. The molecule has 0 N–H and O–H groups in total. The molecule has 0 saturated heterocycles. The summed E-state index contributed by atoms with van der Waals surface area (Å²) in [5, 5.41) is 18.8. The van der Waals surface area contributed by atoms with Crippen LogP contribution in [-0.2, 0) is 5.75 Å². The lowest BCUT2D eigenvalue weighted by molar-refractivity contribution is -0.384. The summed E-state index contributed by atoms with van der Waals surface area (Å²) in [6.45, 7) is 0. The number of non-ortho nitro benzene ring substituents is 1. The molecule has 0 bridgehead atoms. The van der Waals surface area contributed by atoms with Crippen LogP contribution in [0.2, 0.25) is 0 Å². The van der Waals surface area contributed by atoms with Gasteiger partial charge in [-0.1, -0.05) is 42.5 Å². The van der Waals surface area contributed by atoms with Crippen LogP contribution in [0, 0.1) is 10.1 Å². The Kier molecular flexibility index (Phi) is 5.16. The number of aromatic nitrogens is 2. The molecule has 0 saturated carbocycles. The fourth-order valence-corrected chi connectivity index (χ4v) is 3.41. The van der Waals surface area contributed by atoms with Gasteiger partial charge in [-0.3, -0.25) is 10.1 Å². The van der Waals surface area contributed by atoms with Gasteiger partial charge in [0.25, 0.3) is 5.69 Å². The fraction of sp³-hybridized carbons (Fsp3) is 0.0476. The molecule has 1 heterocycles. The molecule has 3 aromatic carbocycles. The van der Waals surface area contributed by atoms with Crippen LogP contribution in [0.15, 0.2) is 88.2 Å². The van der Waals surface area contributed by atoms with E-state index in [1.807, 2.05) is 18.2 Å². The van der Waals surface area contributed by atoms with E-state index in [-0.39, 0.29) is 5.69 Å². The highest BCUT2D eigenvalue weighted by molar-refractivity contribution is 7.98. The molecule has 0 atom stereocenters. The predicted octanol–water partition coefficient (Wildman–Crippen LogP) is 5.60. The standard InChI is InChI=1S/C21H15N3O3S/c25-24(26)18-10-6-17(7-11-18)21-23-22-20(27-21)14-28-19-12-8-16(9-13-19)15-4-2-1-3-5-15/h1-13H,14H2. The molecular weight excluding hydrogens is 374 g/mol. The van der Waals surface area contributed by atoms with Crippen LogP contribution in [0.3, 0.4) is 0 Å².